The second-order valence-electron chi connectivity index (χ2n) is 4.66. The minimum Gasteiger partial charge on any atom is -0.492 e. The molecule has 0 spiro atoms. The Labute approximate surface area is 137 Å². The van der Waals surface area contributed by atoms with Gasteiger partial charge in [-0.05, 0) is 29.8 Å². The van der Waals surface area contributed by atoms with Crippen LogP contribution in [0.25, 0.3) is 0 Å². The molecule has 0 aliphatic heterocycles. The van der Waals surface area contributed by atoms with Gasteiger partial charge in [-0.15, -0.1) is 0 Å². The highest BCUT2D eigenvalue weighted by molar-refractivity contribution is 6.30. The molecule has 2 aromatic rings. The molecule has 0 saturated carbocycles. The van der Waals surface area contributed by atoms with Gasteiger partial charge >= 0.3 is 6.03 Å². The molecule has 2 aromatic carbocycles. The maximum absolute atomic E-state index is 13.0. The van der Waals surface area contributed by atoms with Crippen LogP contribution in [-0.4, -0.2) is 19.2 Å². The summed E-state index contributed by atoms with van der Waals surface area (Å²) in [6.07, 6.45) is 0. The van der Waals surface area contributed by atoms with E-state index in [1.54, 1.807) is 12.1 Å². The Morgan fingerprint density at radius 1 is 1.04 bits per heavy atom. The van der Waals surface area contributed by atoms with Crippen LogP contribution in [0.4, 0.5) is 13.6 Å². The van der Waals surface area contributed by atoms with Gasteiger partial charge in [0.2, 0.25) is 0 Å². The molecule has 0 fully saturated rings. The van der Waals surface area contributed by atoms with Gasteiger partial charge in [-0.1, -0.05) is 23.7 Å². The van der Waals surface area contributed by atoms with E-state index in [2.05, 4.69) is 10.6 Å². The number of hydrogen-bond acceptors (Lipinski definition) is 2. The summed E-state index contributed by atoms with van der Waals surface area (Å²) in [6.45, 7) is 0.734. The fourth-order valence-corrected chi connectivity index (χ4v) is 1.87. The van der Waals surface area contributed by atoms with Gasteiger partial charge in [0.1, 0.15) is 12.4 Å². The standard InChI is InChI=1S/C16H15ClF2N2O2/c17-12-3-1-11(2-4-12)10-21-16(22)20-7-8-23-13-5-6-14(18)15(19)9-13/h1-6,9H,7-8,10H2,(H2,20,21,22). The first kappa shape index (κ1) is 17.0. The molecular formula is C16H15ClF2N2O2. The third kappa shape index (κ3) is 5.75. The van der Waals surface area contributed by atoms with Crippen LogP contribution in [0.3, 0.4) is 0 Å². The Morgan fingerprint density at radius 2 is 1.78 bits per heavy atom. The van der Waals surface area contributed by atoms with Gasteiger partial charge in [0.15, 0.2) is 11.6 Å². The van der Waals surface area contributed by atoms with Gasteiger partial charge in [0.25, 0.3) is 0 Å². The van der Waals surface area contributed by atoms with Crippen molar-refractivity contribution in [2.24, 2.45) is 0 Å². The number of carbonyl (C=O) groups is 1. The number of benzene rings is 2. The molecule has 0 heterocycles. The second-order valence-corrected chi connectivity index (χ2v) is 5.10. The Balaban J connectivity index is 1.64. The highest BCUT2D eigenvalue weighted by Gasteiger charge is 2.04. The molecule has 0 aromatic heterocycles. The maximum Gasteiger partial charge on any atom is 0.315 e. The minimum atomic E-state index is -0.976. The Bertz CT molecular complexity index is 666. The van der Waals surface area contributed by atoms with Crippen LogP contribution >= 0.6 is 11.6 Å². The number of rotatable bonds is 6. The topological polar surface area (TPSA) is 50.4 Å². The Morgan fingerprint density at radius 3 is 2.48 bits per heavy atom. The van der Waals surface area contributed by atoms with Crippen LogP contribution in [0.2, 0.25) is 5.02 Å². The zero-order valence-corrected chi connectivity index (χ0v) is 12.9. The van der Waals surface area contributed by atoms with Crippen molar-refractivity contribution >= 4 is 17.6 Å². The quantitative estimate of drug-likeness (QED) is 0.791. The number of halogens is 3. The molecule has 0 aliphatic rings. The lowest BCUT2D eigenvalue weighted by molar-refractivity contribution is 0.236. The largest absolute Gasteiger partial charge is 0.492 e. The normalized spacial score (nSPS) is 10.2. The molecule has 0 bridgehead atoms. The minimum absolute atomic E-state index is 0.138. The predicted molar refractivity (Wildman–Crippen MR) is 83.5 cm³/mol. The smallest absolute Gasteiger partial charge is 0.315 e. The van der Waals surface area contributed by atoms with Gasteiger partial charge in [-0.2, -0.15) is 0 Å². The second kappa shape index (κ2) is 8.33. The van der Waals surface area contributed by atoms with E-state index >= 15 is 0 Å². The number of carbonyl (C=O) groups excluding carboxylic acids is 1. The summed E-state index contributed by atoms with van der Waals surface area (Å²) in [7, 11) is 0. The Hall–Kier alpha value is -2.34. The van der Waals surface area contributed by atoms with Crippen molar-refractivity contribution in [2.75, 3.05) is 13.2 Å². The van der Waals surface area contributed by atoms with Gasteiger partial charge < -0.3 is 15.4 Å². The maximum atomic E-state index is 13.0. The summed E-state index contributed by atoms with van der Waals surface area (Å²) in [5.41, 5.74) is 0.919. The molecule has 0 radical (unpaired) electrons. The van der Waals surface area contributed by atoms with Crippen LogP contribution in [0.1, 0.15) is 5.56 Å². The summed E-state index contributed by atoms with van der Waals surface area (Å²) < 4.78 is 30.9. The lowest BCUT2D eigenvalue weighted by atomic mass is 10.2. The van der Waals surface area contributed by atoms with Crippen LogP contribution in [0, 0.1) is 11.6 Å². The molecule has 2 amide bonds. The first-order valence-corrected chi connectivity index (χ1v) is 7.26. The van der Waals surface area contributed by atoms with Gasteiger partial charge in [-0.3, -0.25) is 0 Å². The number of amides is 2. The molecule has 0 aliphatic carbocycles. The van der Waals surface area contributed by atoms with E-state index in [0.717, 1.165) is 17.7 Å². The average molecular weight is 341 g/mol. The van der Waals surface area contributed by atoms with Crippen molar-refractivity contribution in [2.45, 2.75) is 6.54 Å². The average Bonchev–Trinajstić information content (AvgIpc) is 2.54. The predicted octanol–water partition coefficient (Wildman–Crippen LogP) is 3.50. The molecule has 4 nitrogen and oxygen atoms in total. The van der Waals surface area contributed by atoms with E-state index < -0.39 is 11.6 Å². The molecule has 2 rings (SSSR count). The van der Waals surface area contributed by atoms with Crippen LogP contribution < -0.4 is 15.4 Å². The van der Waals surface area contributed by atoms with Gasteiger partial charge in [-0.25, -0.2) is 13.6 Å². The summed E-state index contributed by atoms with van der Waals surface area (Å²) in [4.78, 5) is 11.6. The SMILES string of the molecule is O=C(NCCOc1ccc(F)c(F)c1)NCc1ccc(Cl)cc1. The third-order valence-electron chi connectivity index (χ3n) is 2.91. The van der Waals surface area contributed by atoms with Gasteiger partial charge in [0.05, 0.1) is 6.54 Å². The highest BCUT2D eigenvalue weighted by atomic mass is 35.5. The summed E-state index contributed by atoms with van der Waals surface area (Å²) in [5, 5.41) is 5.90. The molecule has 23 heavy (non-hydrogen) atoms. The van der Waals surface area contributed by atoms with E-state index in [1.165, 1.54) is 6.07 Å². The molecule has 0 atom stereocenters. The number of nitrogens with one attached hydrogen (secondary N) is 2. The van der Waals surface area contributed by atoms with E-state index in [-0.39, 0.29) is 24.9 Å². The summed E-state index contributed by atoms with van der Waals surface area (Å²) >= 11 is 5.77. The van der Waals surface area contributed by atoms with Crippen molar-refractivity contribution in [1.29, 1.82) is 0 Å². The fraction of sp³-hybridized carbons (Fsp3) is 0.188. The van der Waals surface area contributed by atoms with E-state index in [4.69, 9.17) is 16.3 Å². The molecule has 7 heteroatoms. The molecule has 0 unspecified atom stereocenters. The van der Waals surface area contributed by atoms with Gasteiger partial charge in [0, 0.05) is 17.6 Å². The van der Waals surface area contributed by atoms with E-state index in [1.807, 2.05) is 12.1 Å². The summed E-state index contributed by atoms with van der Waals surface area (Å²) in [6, 6.07) is 10.0. The molecule has 0 saturated heterocycles. The van der Waals surface area contributed by atoms with Crippen molar-refractivity contribution in [1.82, 2.24) is 10.6 Å². The van der Waals surface area contributed by atoms with Crippen LogP contribution in [0.5, 0.6) is 5.75 Å². The zero-order chi connectivity index (χ0) is 16.7. The van der Waals surface area contributed by atoms with Crippen molar-refractivity contribution in [3.8, 4) is 5.75 Å². The number of urea groups is 1. The van der Waals surface area contributed by atoms with Crippen molar-refractivity contribution in [3.63, 3.8) is 0 Å². The van der Waals surface area contributed by atoms with E-state index in [0.29, 0.717) is 11.6 Å². The first-order chi connectivity index (χ1) is 11.0. The van der Waals surface area contributed by atoms with Crippen molar-refractivity contribution < 1.29 is 18.3 Å². The van der Waals surface area contributed by atoms with Crippen LogP contribution in [0.15, 0.2) is 42.5 Å². The van der Waals surface area contributed by atoms with Crippen molar-refractivity contribution in [3.05, 3.63) is 64.7 Å². The third-order valence-corrected chi connectivity index (χ3v) is 3.17. The number of hydrogen-bond donors (Lipinski definition) is 2. The fourth-order valence-electron chi connectivity index (χ4n) is 1.75. The Kier molecular flexibility index (Phi) is 6.17. The molecular weight excluding hydrogens is 326 g/mol. The van der Waals surface area contributed by atoms with E-state index in [9.17, 15) is 13.6 Å². The van der Waals surface area contributed by atoms with Crippen LogP contribution in [-0.2, 0) is 6.54 Å². The summed E-state index contributed by atoms with van der Waals surface area (Å²) in [5.74, 6) is -1.71. The molecule has 2 N–H and O–H groups in total. The lowest BCUT2D eigenvalue weighted by Gasteiger charge is -2.09. The first-order valence-electron chi connectivity index (χ1n) is 6.88. The lowest BCUT2D eigenvalue weighted by Crippen LogP contribution is -2.37. The molecule has 122 valence electrons. The number of ether oxygens (including phenoxy) is 1. The monoisotopic (exact) mass is 340 g/mol. The zero-order valence-electron chi connectivity index (χ0n) is 12.1. The highest BCUT2D eigenvalue weighted by Crippen LogP contribution is 2.15.